The summed E-state index contributed by atoms with van der Waals surface area (Å²) in [5.41, 5.74) is 3.67. The van der Waals surface area contributed by atoms with Gasteiger partial charge in [0.25, 0.3) is 0 Å². The van der Waals surface area contributed by atoms with E-state index in [1.54, 1.807) is 11.3 Å². The molecule has 0 saturated heterocycles. The summed E-state index contributed by atoms with van der Waals surface area (Å²) >= 11 is 1.65. The van der Waals surface area contributed by atoms with Crippen LogP contribution in [0.3, 0.4) is 0 Å². The van der Waals surface area contributed by atoms with E-state index in [2.05, 4.69) is 33.0 Å². The number of fused-ring (bicyclic) bond motifs is 7. The van der Waals surface area contributed by atoms with Gasteiger partial charge in [-0.15, -0.1) is 11.3 Å². The molecule has 2 heterocycles. The third-order valence-electron chi connectivity index (χ3n) is 8.74. The minimum atomic E-state index is -0.687. The number of carbonyl (C=O) groups excluding carboxylic acids is 1. The van der Waals surface area contributed by atoms with Gasteiger partial charge in [-0.1, -0.05) is 39.8 Å². The Morgan fingerprint density at radius 2 is 1.77 bits per heavy atom. The highest BCUT2D eigenvalue weighted by Crippen LogP contribution is 2.70. The monoisotopic (exact) mass is 432 g/mol. The molecule has 3 aliphatic carbocycles. The molecule has 6 heteroatoms. The molecule has 1 aromatic carbocycles. The molecule has 160 valence electrons. The van der Waals surface area contributed by atoms with Gasteiger partial charge in [0.05, 0.1) is 33.5 Å². The van der Waals surface area contributed by atoms with Crippen molar-refractivity contribution in [1.82, 2.24) is 15.0 Å². The van der Waals surface area contributed by atoms with Gasteiger partial charge in [0.1, 0.15) is 0 Å². The fraction of sp³-hybridized carbons (Fsp3) is 0.520. The molecular weight excluding hydrogens is 404 g/mol. The second-order valence-electron chi connectivity index (χ2n) is 10.5. The van der Waals surface area contributed by atoms with Gasteiger partial charge in [-0.25, -0.2) is 15.0 Å². The van der Waals surface area contributed by atoms with Gasteiger partial charge in [0.15, 0.2) is 5.13 Å². The maximum atomic E-state index is 14.0. The fourth-order valence-electron chi connectivity index (χ4n) is 6.35. The zero-order chi connectivity index (χ0) is 21.6. The van der Waals surface area contributed by atoms with Crippen molar-refractivity contribution in [3.05, 3.63) is 46.2 Å². The van der Waals surface area contributed by atoms with Gasteiger partial charge in [0, 0.05) is 10.3 Å². The molecule has 5 nitrogen and oxygen atoms in total. The van der Waals surface area contributed by atoms with E-state index < -0.39 is 5.41 Å². The lowest BCUT2D eigenvalue weighted by Gasteiger charge is -2.39. The molecule has 31 heavy (non-hydrogen) atoms. The number of para-hydroxylation sites is 2. The average molecular weight is 433 g/mol. The van der Waals surface area contributed by atoms with Crippen LogP contribution in [0.5, 0.6) is 0 Å². The summed E-state index contributed by atoms with van der Waals surface area (Å²) in [4.78, 5) is 30.2. The Balaban J connectivity index is 1.46. The lowest BCUT2D eigenvalue weighted by atomic mass is 9.63. The maximum Gasteiger partial charge on any atom is 0.239 e. The lowest BCUT2D eigenvalue weighted by Crippen LogP contribution is -2.48. The van der Waals surface area contributed by atoms with E-state index in [9.17, 15) is 4.79 Å². The number of aromatic nitrogens is 3. The van der Waals surface area contributed by atoms with Crippen LogP contribution in [0.1, 0.15) is 68.9 Å². The molecule has 6 rings (SSSR count). The van der Waals surface area contributed by atoms with E-state index in [4.69, 9.17) is 15.0 Å². The van der Waals surface area contributed by atoms with Crippen LogP contribution in [0.15, 0.2) is 24.3 Å². The molecule has 3 unspecified atom stereocenters. The van der Waals surface area contributed by atoms with Crippen LogP contribution in [-0.4, -0.2) is 20.9 Å². The first-order valence-electron chi connectivity index (χ1n) is 11.3. The summed E-state index contributed by atoms with van der Waals surface area (Å²) in [6.45, 7) is 9.01. The minimum Gasteiger partial charge on any atom is -0.301 e. The maximum absolute atomic E-state index is 14.0. The largest absolute Gasteiger partial charge is 0.301 e. The summed E-state index contributed by atoms with van der Waals surface area (Å²) in [6, 6.07) is 7.99. The van der Waals surface area contributed by atoms with Gasteiger partial charge < -0.3 is 5.32 Å². The second kappa shape index (κ2) is 6.12. The molecule has 1 fully saturated rings. The van der Waals surface area contributed by atoms with Crippen molar-refractivity contribution in [2.45, 2.75) is 70.6 Å². The molecule has 3 aromatic rings. The summed E-state index contributed by atoms with van der Waals surface area (Å²) in [5, 5.41) is 3.98. The summed E-state index contributed by atoms with van der Waals surface area (Å²) in [6.07, 6.45) is 5.00. The zero-order valence-electron chi connectivity index (χ0n) is 18.6. The van der Waals surface area contributed by atoms with E-state index in [0.717, 1.165) is 53.2 Å². The standard InChI is InChI=1S/C25H28N4OS/c1-14-9-10-17-18(13-14)31-22(28-17)29-21(30)25-12-11-24(4,23(25,2)3)19-20(25)27-16-8-6-5-7-15(16)26-19/h5-8,14H,9-13H2,1-4H3,(H,28,29,30). The van der Waals surface area contributed by atoms with Crippen LogP contribution in [0.4, 0.5) is 5.13 Å². The predicted octanol–water partition coefficient (Wildman–Crippen LogP) is 5.18. The number of nitrogens with one attached hydrogen (secondary N) is 1. The van der Waals surface area contributed by atoms with Gasteiger partial charge >= 0.3 is 0 Å². The summed E-state index contributed by atoms with van der Waals surface area (Å²) in [5.74, 6) is 0.721. The third-order valence-corrected chi connectivity index (χ3v) is 9.77. The number of nitrogens with zero attached hydrogens (tertiary/aromatic N) is 3. The number of amides is 1. The number of aryl methyl sites for hydroxylation is 1. The molecule has 1 saturated carbocycles. The highest BCUT2D eigenvalue weighted by atomic mass is 32.1. The molecule has 3 atom stereocenters. The normalized spacial score (nSPS) is 30.3. The van der Waals surface area contributed by atoms with E-state index in [1.807, 2.05) is 24.3 Å². The first kappa shape index (κ1) is 19.4. The number of anilines is 1. The Bertz CT molecular complexity index is 1250. The van der Waals surface area contributed by atoms with Crippen LogP contribution in [0.2, 0.25) is 0 Å². The Hall–Kier alpha value is -2.34. The molecule has 1 N–H and O–H groups in total. The minimum absolute atomic E-state index is 0.0312. The van der Waals surface area contributed by atoms with Crippen molar-refractivity contribution < 1.29 is 4.79 Å². The van der Waals surface area contributed by atoms with E-state index in [-0.39, 0.29) is 16.7 Å². The second-order valence-corrected chi connectivity index (χ2v) is 11.5. The van der Waals surface area contributed by atoms with E-state index in [0.29, 0.717) is 5.92 Å². The first-order valence-corrected chi connectivity index (χ1v) is 12.2. The van der Waals surface area contributed by atoms with E-state index in [1.165, 1.54) is 17.0 Å². The molecule has 3 aliphatic rings. The number of rotatable bonds is 2. The van der Waals surface area contributed by atoms with Crippen molar-refractivity contribution in [3.8, 4) is 0 Å². The number of benzene rings is 1. The van der Waals surface area contributed by atoms with Crippen LogP contribution < -0.4 is 5.32 Å². The molecule has 0 radical (unpaired) electrons. The van der Waals surface area contributed by atoms with Crippen LogP contribution >= 0.6 is 11.3 Å². The molecular formula is C25H28N4OS. The van der Waals surface area contributed by atoms with Crippen LogP contribution in [-0.2, 0) is 28.5 Å². The highest BCUT2D eigenvalue weighted by molar-refractivity contribution is 7.15. The number of carbonyl (C=O) groups is 1. The summed E-state index contributed by atoms with van der Waals surface area (Å²) in [7, 11) is 0. The van der Waals surface area contributed by atoms with Crippen LogP contribution in [0.25, 0.3) is 11.0 Å². The van der Waals surface area contributed by atoms with Crippen molar-refractivity contribution in [2.24, 2.45) is 11.3 Å². The summed E-state index contributed by atoms with van der Waals surface area (Å²) < 4.78 is 0. The Labute approximate surface area is 186 Å². The third kappa shape index (κ3) is 2.32. The van der Waals surface area contributed by atoms with E-state index >= 15 is 0 Å². The average Bonchev–Trinajstić information content (AvgIpc) is 3.27. The van der Waals surface area contributed by atoms with Crippen LogP contribution in [0, 0.1) is 11.3 Å². The van der Waals surface area contributed by atoms with Gasteiger partial charge in [-0.05, 0) is 55.6 Å². The Morgan fingerprint density at radius 1 is 1.06 bits per heavy atom. The number of hydrogen-bond donors (Lipinski definition) is 1. The number of thiazole rings is 1. The number of hydrogen-bond acceptors (Lipinski definition) is 5. The quantitative estimate of drug-likeness (QED) is 0.606. The molecule has 2 aromatic heterocycles. The SMILES string of the molecule is CC1CCc2nc(NC(=O)C34CCC(C)(c5nc6ccccc6nc53)C4(C)C)sc2C1. The van der Waals surface area contributed by atoms with Gasteiger partial charge in [-0.2, -0.15) is 0 Å². The van der Waals surface area contributed by atoms with Crippen molar-refractivity contribution in [1.29, 1.82) is 0 Å². The van der Waals surface area contributed by atoms with Crippen molar-refractivity contribution >= 4 is 33.4 Å². The Morgan fingerprint density at radius 3 is 2.52 bits per heavy atom. The van der Waals surface area contributed by atoms with Gasteiger partial charge in [-0.3, -0.25) is 4.79 Å². The van der Waals surface area contributed by atoms with Crippen molar-refractivity contribution in [3.63, 3.8) is 0 Å². The fourth-order valence-corrected chi connectivity index (χ4v) is 7.51. The first-order chi connectivity index (χ1) is 14.8. The molecule has 0 spiro atoms. The molecule has 2 bridgehead atoms. The molecule has 1 amide bonds. The smallest absolute Gasteiger partial charge is 0.239 e. The predicted molar refractivity (Wildman–Crippen MR) is 124 cm³/mol. The zero-order valence-corrected chi connectivity index (χ0v) is 19.4. The lowest BCUT2D eigenvalue weighted by molar-refractivity contribution is -0.125. The Kier molecular flexibility index (Phi) is 3.82. The topological polar surface area (TPSA) is 67.8 Å². The molecule has 0 aliphatic heterocycles. The van der Waals surface area contributed by atoms with Gasteiger partial charge in [0.2, 0.25) is 5.91 Å². The highest BCUT2D eigenvalue weighted by Gasteiger charge is 2.73. The van der Waals surface area contributed by atoms with Crippen molar-refractivity contribution in [2.75, 3.05) is 5.32 Å².